The van der Waals surface area contributed by atoms with Crippen molar-refractivity contribution >= 4 is 44.9 Å². The van der Waals surface area contributed by atoms with Crippen molar-refractivity contribution in [2.75, 3.05) is 0 Å². The predicted octanol–water partition coefficient (Wildman–Crippen LogP) is 3.29. The molecule has 2 rings (SSSR count). The Hall–Kier alpha value is -1.33. The first-order valence-corrected chi connectivity index (χ1v) is 6.43. The van der Waals surface area contributed by atoms with Gasteiger partial charge in [-0.2, -0.15) is 0 Å². The number of allylic oxidation sites excluding steroid dienone is 2. The lowest BCUT2D eigenvalue weighted by Gasteiger charge is -1.94. The van der Waals surface area contributed by atoms with Crippen LogP contribution in [0.4, 0.5) is 4.79 Å². The minimum atomic E-state index is -0.349. The van der Waals surface area contributed by atoms with Gasteiger partial charge in [0.2, 0.25) is 0 Å². The monoisotopic (exact) mass is 309 g/mol. The fraction of sp³-hybridized carbons (Fsp3) is 0. The van der Waals surface area contributed by atoms with Gasteiger partial charge in [-0.15, -0.1) is 0 Å². The van der Waals surface area contributed by atoms with Crippen molar-refractivity contribution in [2.45, 2.75) is 0 Å². The number of benzene rings is 1. The molecule has 86 valence electrons. The van der Waals surface area contributed by atoms with Crippen LogP contribution in [0.25, 0.3) is 6.08 Å². The molecule has 1 heterocycles. The zero-order valence-electron chi connectivity index (χ0n) is 8.64. The molecule has 1 N–H and O–H groups in total. The Bertz CT molecular complexity index is 523. The minimum absolute atomic E-state index is 0.332. The van der Waals surface area contributed by atoms with E-state index in [9.17, 15) is 9.59 Å². The van der Waals surface area contributed by atoms with Gasteiger partial charge in [0.1, 0.15) is 0 Å². The molecule has 0 atom stereocenters. The van der Waals surface area contributed by atoms with E-state index in [0.717, 1.165) is 21.8 Å². The van der Waals surface area contributed by atoms with E-state index in [1.807, 2.05) is 36.4 Å². The zero-order chi connectivity index (χ0) is 12.3. The quantitative estimate of drug-likeness (QED) is 0.853. The molecule has 0 saturated carbocycles. The molecule has 1 aliphatic heterocycles. The molecular weight excluding hydrogens is 302 g/mol. The van der Waals surface area contributed by atoms with Crippen LogP contribution in [0, 0.1) is 0 Å². The van der Waals surface area contributed by atoms with Gasteiger partial charge in [0.15, 0.2) is 0 Å². The lowest BCUT2D eigenvalue weighted by molar-refractivity contribution is -0.115. The molecule has 3 nitrogen and oxygen atoms in total. The summed E-state index contributed by atoms with van der Waals surface area (Å²) < 4.78 is 0.746. The van der Waals surface area contributed by atoms with Gasteiger partial charge in [-0.1, -0.05) is 46.3 Å². The molecule has 0 unspecified atom stereocenters. The maximum Gasteiger partial charge on any atom is 0.290 e. The van der Waals surface area contributed by atoms with E-state index >= 15 is 0 Å². The fourth-order valence-electron chi connectivity index (χ4n) is 1.30. The minimum Gasteiger partial charge on any atom is -0.282 e. The van der Waals surface area contributed by atoms with Crippen LogP contribution in [-0.4, -0.2) is 11.1 Å². The lowest BCUT2D eigenvalue weighted by atomic mass is 10.2. The van der Waals surface area contributed by atoms with Crippen molar-refractivity contribution in [1.29, 1.82) is 0 Å². The number of nitrogens with one attached hydrogen (secondary N) is 1. The van der Waals surface area contributed by atoms with Gasteiger partial charge in [0.25, 0.3) is 11.1 Å². The third-order valence-electron chi connectivity index (χ3n) is 2.02. The molecule has 0 spiro atoms. The van der Waals surface area contributed by atoms with Crippen LogP contribution < -0.4 is 5.32 Å². The highest BCUT2D eigenvalue weighted by Crippen LogP contribution is 2.26. The van der Waals surface area contributed by atoms with E-state index in [1.165, 1.54) is 0 Å². The molecule has 17 heavy (non-hydrogen) atoms. The average Bonchev–Trinajstić information content (AvgIpc) is 2.58. The Kier molecular flexibility index (Phi) is 3.81. The van der Waals surface area contributed by atoms with Crippen LogP contribution in [-0.2, 0) is 4.79 Å². The molecule has 1 fully saturated rings. The summed E-state index contributed by atoms with van der Waals surface area (Å²) in [6.07, 6.45) is 3.52. The summed E-state index contributed by atoms with van der Waals surface area (Å²) in [6, 6.07) is 9.70. The van der Waals surface area contributed by atoms with Gasteiger partial charge in [-0.05, 0) is 29.5 Å². The maximum absolute atomic E-state index is 11.3. The Balaban J connectivity index is 2.19. The first kappa shape index (κ1) is 12.1. The normalized spacial score (nSPS) is 18.6. The molecule has 0 aliphatic carbocycles. The molecule has 5 heteroatoms. The van der Waals surface area contributed by atoms with E-state index < -0.39 is 0 Å². The second-order valence-electron chi connectivity index (χ2n) is 3.29. The third-order valence-corrected chi connectivity index (χ3v) is 3.28. The van der Waals surface area contributed by atoms with Gasteiger partial charge >= 0.3 is 0 Å². The molecule has 0 radical (unpaired) electrons. The number of imide groups is 1. The summed E-state index contributed by atoms with van der Waals surface area (Å²) in [5.41, 5.74) is 1.02. The first-order valence-electron chi connectivity index (χ1n) is 4.82. The van der Waals surface area contributed by atoms with E-state index in [4.69, 9.17) is 0 Å². The van der Waals surface area contributed by atoms with Gasteiger partial charge in [-0.25, -0.2) is 0 Å². The molecule has 2 amide bonds. The number of rotatable bonds is 2. The summed E-state index contributed by atoms with van der Waals surface area (Å²) >= 11 is 4.26. The Morgan fingerprint density at radius 3 is 2.53 bits per heavy atom. The summed E-state index contributed by atoms with van der Waals surface area (Å²) in [5.74, 6) is -0.349. The van der Waals surface area contributed by atoms with Crippen molar-refractivity contribution in [3.63, 3.8) is 0 Å². The number of amides is 2. The van der Waals surface area contributed by atoms with Crippen LogP contribution in [0.5, 0.6) is 0 Å². The number of halogens is 1. The molecule has 1 aromatic carbocycles. The van der Waals surface area contributed by atoms with Crippen molar-refractivity contribution in [3.05, 3.63) is 51.4 Å². The van der Waals surface area contributed by atoms with Crippen molar-refractivity contribution in [1.82, 2.24) is 5.32 Å². The maximum atomic E-state index is 11.3. The average molecular weight is 310 g/mol. The molecule has 1 aliphatic rings. The van der Waals surface area contributed by atoms with E-state index in [1.54, 1.807) is 6.08 Å². The van der Waals surface area contributed by atoms with E-state index in [2.05, 4.69) is 21.2 Å². The van der Waals surface area contributed by atoms with Crippen LogP contribution in [0.15, 0.2) is 45.8 Å². The Morgan fingerprint density at radius 1 is 1.24 bits per heavy atom. The largest absolute Gasteiger partial charge is 0.290 e. The Morgan fingerprint density at radius 2 is 1.94 bits per heavy atom. The van der Waals surface area contributed by atoms with E-state index in [0.29, 0.717) is 4.91 Å². The summed E-state index contributed by atoms with van der Waals surface area (Å²) in [7, 11) is 0. The summed E-state index contributed by atoms with van der Waals surface area (Å²) in [6.45, 7) is 0. The standard InChI is InChI=1S/C12H8BrNO2S/c13-9(6-8-4-2-1-3-5-8)7-10-11(15)14-12(16)17-10/h1-7H,(H,14,15,16). The van der Waals surface area contributed by atoms with Crippen LogP contribution in [0.3, 0.4) is 0 Å². The fourth-order valence-corrected chi connectivity index (χ4v) is 2.61. The highest BCUT2D eigenvalue weighted by Gasteiger charge is 2.24. The van der Waals surface area contributed by atoms with Crippen LogP contribution in [0.1, 0.15) is 5.56 Å². The van der Waals surface area contributed by atoms with Crippen LogP contribution in [0.2, 0.25) is 0 Å². The van der Waals surface area contributed by atoms with Crippen molar-refractivity contribution < 1.29 is 9.59 Å². The number of hydrogen-bond acceptors (Lipinski definition) is 3. The van der Waals surface area contributed by atoms with E-state index in [-0.39, 0.29) is 11.1 Å². The SMILES string of the molecule is O=C1NC(=O)C(=CC(Br)=Cc2ccccc2)S1. The first-order chi connectivity index (χ1) is 8.15. The summed E-state index contributed by atoms with van der Waals surface area (Å²) in [4.78, 5) is 22.7. The van der Waals surface area contributed by atoms with Gasteiger partial charge in [0, 0.05) is 4.48 Å². The molecule has 1 saturated heterocycles. The Labute approximate surface area is 111 Å². The number of carbonyl (C=O) groups is 2. The number of thioether (sulfide) groups is 1. The number of carbonyl (C=O) groups excluding carboxylic acids is 2. The molecule has 0 bridgehead atoms. The van der Waals surface area contributed by atoms with Crippen LogP contribution >= 0.6 is 27.7 Å². The highest BCUT2D eigenvalue weighted by molar-refractivity contribution is 9.12. The molecule has 1 aromatic rings. The summed E-state index contributed by atoms with van der Waals surface area (Å²) in [5, 5.41) is 1.87. The van der Waals surface area contributed by atoms with Gasteiger partial charge < -0.3 is 0 Å². The lowest BCUT2D eigenvalue weighted by Crippen LogP contribution is -2.17. The zero-order valence-corrected chi connectivity index (χ0v) is 11.0. The second-order valence-corrected chi connectivity index (χ2v) is 5.22. The topological polar surface area (TPSA) is 46.2 Å². The van der Waals surface area contributed by atoms with Crippen molar-refractivity contribution in [3.8, 4) is 0 Å². The second kappa shape index (κ2) is 5.33. The smallest absolute Gasteiger partial charge is 0.282 e. The van der Waals surface area contributed by atoms with Crippen molar-refractivity contribution in [2.24, 2.45) is 0 Å². The number of hydrogen-bond donors (Lipinski definition) is 1. The predicted molar refractivity (Wildman–Crippen MR) is 72.6 cm³/mol. The van der Waals surface area contributed by atoms with Gasteiger partial charge in [0.05, 0.1) is 4.91 Å². The third kappa shape index (κ3) is 3.31. The molecular formula is C12H8BrNO2S. The molecule has 0 aromatic heterocycles. The van der Waals surface area contributed by atoms with Gasteiger partial charge in [-0.3, -0.25) is 14.9 Å². The highest BCUT2D eigenvalue weighted by atomic mass is 79.9.